The first-order chi connectivity index (χ1) is 13.7. The van der Waals surface area contributed by atoms with Crippen molar-refractivity contribution < 1.29 is 9.53 Å². The van der Waals surface area contributed by atoms with Gasteiger partial charge in [-0.2, -0.15) is 5.10 Å². The maximum absolute atomic E-state index is 12.8. The van der Waals surface area contributed by atoms with Gasteiger partial charge in [0.15, 0.2) is 0 Å². The molecule has 0 saturated carbocycles. The van der Waals surface area contributed by atoms with Crippen molar-refractivity contribution in [3.05, 3.63) is 72.1 Å². The Morgan fingerprint density at radius 3 is 2.90 bits per heavy atom. The molecule has 1 saturated heterocycles. The molecule has 7 heteroatoms. The lowest BCUT2D eigenvalue weighted by Gasteiger charge is -2.14. The number of aromatic nitrogens is 2. The number of carbonyl (C=O) groups is 1. The fraction of sp³-hybridized carbons (Fsp3) is 0.273. The number of halogens is 1. The molecule has 0 spiro atoms. The number of hydrogen-bond donors (Lipinski definition) is 2. The predicted molar refractivity (Wildman–Crippen MR) is 116 cm³/mol. The van der Waals surface area contributed by atoms with Crippen LogP contribution in [0.25, 0.3) is 5.69 Å². The van der Waals surface area contributed by atoms with Crippen LogP contribution in [0.2, 0.25) is 0 Å². The highest BCUT2D eigenvalue weighted by Crippen LogP contribution is 2.26. The second-order valence-corrected chi connectivity index (χ2v) is 7.04. The Balaban J connectivity index is 0.00000240. The van der Waals surface area contributed by atoms with Crippen LogP contribution in [0.5, 0.6) is 5.75 Å². The summed E-state index contributed by atoms with van der Waals surface area (Å²) in [4.78, 5) is 12.8. The number of rotatable bonds is 6. The van der Waals surface area contributed by atoms with E-state index in [0.717, 1.165) is 48.6 Å². The average molecular weight is 413 g/mol. The molecule has 1 unspecified atom stereocenters. The first-order valence-corrected chi connectivity index (χ1v) is 9.52. The van der Waals surface area contributed by atoms with Gasteiger partial charge in [-0.25, -0.2) is 4.68 Å². The molecule has 0 aliphatic carbocycles. The van der Waals surface area contributed by atoms with Crippen LogP contribution in [0.1, 0.15) is 22.3 Å². The molecule has 3 aromatic rings. The van der Waals surface area contributed by atoms with Crippen molar-refractivity contribution in [3.8, 4) is 11.4 Å². The second-order valence-electron chi connectivity index (χ2n) is 7.04. The van der Waals surface area contributed by atoms with E-state index >= 15 is 0 Å². The third kappa shape index (κ3) is 4.96. The Morgan fingerprint density at radius 2 is 2.17 bits per heavy atom. The monoisotopic (exact) mass is 412 g/mol. The Morgan fingerprint density at radius 1 is 1.28 bits per heavy atom. The second kappa shape index (κ2) is 9.58. The number of methoxy groups -OCH3 is 1. The summed E-state index contributed by atoms with van der Waals surface area (Å²) >= 11 is 0. The highest BCUT2D eigenvalue weighted by molar-refractivity contribution is 6.04. The van der Waals surface area contributed by atoms with Crippen LogP contribution in [-0.2, 0) is 6.42 Å². The number of hydrogen-bond acceptors (Lipinski definition) is 4. The summed E-state index contributed by atoms with van der Waals surface area (Å²) in [5, 5.41) is 10.6. The lowest BCUT2D eigenvalue weighted by Crippen LogP contribution is -2.14. The molecule has 29 heavy (non-hydrogen) atoms. The summed E-state index contributed by atoms with van der Waals surface area (Å²) in [5.74, 6) is 1.29. The highest BCUT2D eigenvalue weighted by Gasteiger charge is 2.18. The molecule has 1 amide bonds. The Hall–Kier alpha value is -2.83. The zero-order valence-electron chi connectivity index (χ0n) is 16.3. The molecular weight excluding hydrogens is 388 g/mol. The quantitative estimate of drug-likeness (QED) is 0.647. The molecule has 152 valence electrons. The maximum Gasteiger partial charge on any atom is 0.255 e. The van der Waals surface area contributed by atoms with Crippen molar-refractivity contribution in [2.24, 2.45) is 5.92 Å². The van der Waals surface area contributed by atoms with Crippen LogP contribution in [-0.4, -0.2) is 35.9 Å². The molecule has 2 heterocycles. The maximum atomic E-state index is 12.8. The first-order valence-electron chi connectivity index (χ1n) is 9.52. The standard InChI is InChI=1S/C22H24N4O2.ClH/c1-28-21-7-6-17(13-18(21)12-16-8-10-23-15-16)22(27)25-19-4-2-5-20(14-19)26-11-3-9-24-26;/h2-7,9,11,13-14,16,23H,8,10,12,15H2,1H3,(H,25,27);1H. The van der Waals surface area contributed by atoms with E-state index in [-0.39, 0.29) is 18.3 Å². The fourth-order valence-corrected chi connectivity index (χ4v) is 3.63. The van der Waals surface area contributed by atoms with Crippen LogP contribution in [0.15, 0.2) is 60.9 Å². The van der Waals surface area contributed by atoms with Gasteiger partial charge in [-0.3, -0.25) is 4.79 Å². The van der Waals surface area contributed by atoms with E-state index in [1.165, 1.54) is 0 Å². The number of amides is 1. The summed E-state index contributed by atoms with van der Waals surface area (Å²) < 4.78 is 7.26. The van der Waals surface area contributed by atoms with Crippen molar-refractivity contribution in [1.82, 2.24) is 15.1 Å². The van der Waals surface area contributed by atoms with E-state index in [1.54, 1.807) is 18.0 Å². The number of benzene rings is 2. The van der Waals surface area contributed by atoms with E-state index in [0.29, 0.717) is 11.5 Å². The minimum atomic E-state index is -0.133. The summed E-state index contributed by atoms with van der Waals surface area (Å²) in [7, 11) is 1.67. The minimum absolute atomic E-state index is 0. The van der Waals surface area contributed by atoms with Gasteiger partial charge in [0.2, 0.25) is 0 Å². The van der Waals surface area contributed by atoms with Crippen molar-refractivity contribution in [2.45, 2.75) is 12.8 Å². The molecular formula is C22H25ClN4O2. The van der Waals surface area contributed by atoms with Crippen LogP contribution >= 0.6 is 12.4 Å². The average Bonchev–Trinajstić information content (AvgIpc) is 3.42. The van der Waals surface area contributed by atoms with E-state index in [2.05, 4.69) is 15.7 Å². The largest absolute Gasteiger partial charge is 0.496 e. The van der Waals surface area contributed by atoms with Crippen molar-refractivity contribution in [1.29, 1.82) is 0 Å². The third-order valence-corrected chi connectivity index (χ3v) is 5.09. The van der Waals surface area contributed by atoms with Crippen molar-refractivity contribution in [3.63, 3.8) is 0 Å². The molecule has 4 rings (SSSR count). The topological polar surface area (TPSA) is 68.2 Å². The number of ether oxygens (including phenoxy) is 1. The predicted octanol–water partition coefficient (Wildman–Crippen LogP) is 3.71. The number of anilines is 1. The smallest absolute Gasteiger partial charge is 0.255 e. The van der Waals surface area contributed by atoms with Crippen LogP contribution < -0.4 is 15.4 Å². The molecule has 2 aromatic carbocycles. The number of carbonyl (C=O) groups excluding carboxylic acids is 1. The molecule has 0 radical (unpaired) electrons. The summed E-state index contributed by atoms with van der Waals surface area (Å²) in [6, 6.07) is 15.1. The van der Waals surface area contributed by atoms with Gasteiger partial charge in [0.25, 0.3) is 5.91 Å². The van der Waals surface area contributed by atoms with Crippen LogP contribution in [0.3, 0.4) is 0 Å². The molecule has 0 bridgehead atoms. The van der Waals surface area contributed by atoms with Crippen LogP contribution in [0, 0.1) is 5.92 Å². The highest BCUT2D eigenvalue weighted by atomic mass is 35.5. The summed E-state index contributed by atoms with van der Waals surface area (Å²) in [6.45, 7) is 2.07. The van der Waals surface area contributed by atoms with Gasteiger partial charge >= 0.3 is 0 Å². The first kappa shape index (κ1) is 20.9. The molecule has 1 atom stereocenters. The van der Waals surface area contributed by atoms with Gasteiger partial charge in [0.05, 0.1) is 12.8 Å². The van der Waals surface area contributed by atoms with Crippen LogP contribution in [0.4, 0.5) is 5.69 Å². The van der Waals surface area contributed by atoms with Gasteiger partial charge in [-0.05, 0) is 79.9 Å². The van der Waals surface area contributed by atoms with Gasteiger partial charge in [0, 0.05) is 23.6 Å². The Bertz CT molecular complexity index is 953. The van der Waals surface area contributed by atoms with Crippen molar-refractivity contribution >= 4 is 24.0 Å². The van der Waals surface area contributed by atoms with Gasteiger partial charge < -0.3 is 15.4 Å². The normalized spacial score (nSPS) is 15.6. The zero-order valence-corrected chi connectivity index (χ0v) is 17.1. The molecule has 1 fully saturated rings. The van der Waals surface area contributed by atoms with Crippen molar-refractivity contribution in [2.75, 3.05) is 25.5 Å². The number of nitrogens with zero attached hydrogens (tertiary/aromatic N) is 2. The molecule has 1 aliphatic heterocycles. The summed E-state index contributed by atoms with van der Waals surface area (Å²) in [6.07, 6.45) is 5.66. The molecule has 1 aromatic heterocycles. The Labute approximate surface area is 176 Å². The molecule has 2 N–H and O–H groups in total. The van der Waals surface area contributed by atoms with E-state index in [1.807, 2.05) is 54.7 Å². The lowest BCUT2D eigenvalue weighted by atomic mass is 9.96. The molecule has 6 nitrogen and oxygen atoms in total. The minimum Gasteiger partial charge on any atom is -0.496 e. The Kier molecular flexibility index (Phi) is 6.90. The molecule has 1 aliphatic rings. The van der Waals surface area contributed by atoms with Gasteiger partial charge in [-0.15, -0.1) is 12.4 Å². The van der Waals surface area contributed by atoms with E-state index < -0.39 is 0 Å². The van der Waals surface area contributed by atoms with E-state index in [4.69, 9.17) is 4.74 Å². The van der Waals surface area contributed by atoms with Gasteiger partial charge in [-0.1, -0.05) is 6.07 Å². The fourth-order valence-electron chi connectivity index (χ4n) is 3.63. The third-order valence-electron chi connectivity index (χ3n) is 5.09. The summed E-state index contributed by atoms with van der Waals surface area (Å²) in [5.41, 5.74) is 3.34. The SMILES string of the molecule is COc1ccc(C(=O)Nc2cccc(-n3cccn3)c2)cc1CC1CCNC1.Cl. The van der Waals surface area contributed by atoms with E-state index in [9.17, 15) is 4.79 Å². The van der Waals surface area contributed by atoms with Gasteiger partial charge in [0.1, 0.15) is 5.75 Å². The lowest BCUT2D eigenvalue weighted by molar-refractivity contribution is 0.102. The number of nitrogens with one attached hydrogen (secondary N) is 2. The zero-order chi connectivity index (χ0) is 19.3.